The van der Waals surface area contributed by atoms with Crippen molar-refractivity contribution in [1.29, 1.82) is 5.26 Å². The fourth-order valence-electron chi connectivity index (χ4n) is 11.3. The van der Waals surface area contributed by atoms with Crippen LogP contribution in [0.4, 0.5) is 0 Å². The van der Waals surface area contributed by atoms with Gasteiger partial charge in [-0.05, 0) is 124 Å². The molecule has 278 valence electrons. The zero-order valence-electron chi connectivity index (χ0n) is 32.4. The first kappa shape index (κ1) is 34.5. The second kappa shape index (κ2) is 13.7. The van der Waals surface area contributed by atoms with Gasteiger partial charge >= 0.3 is 0 Å². The fraction of sp³-hybridized carbons (Fsp3) is 0.185. The summed E-state index contributed by atoms with van der Waals surface area (Å²) in [6.07, 6.45) is 7.84. The Hall–Kier alpha value is -6.70. The molecule has 0 spiro atoms. The van der Waals surface area contributed by atoms with Crippen LogP contribution < -0.4 is 0 Å². The molecule has 0 N–H and O–H groups in total. The second-order valence-electron chi connectivity index (χ2n) is 17.1. The van der Waals surface area contributed by atoms with Crippen molar-refractivity contribution in [1.82, 2.24) is 15.0 Å². The van der Waals surface area contributed by atoms with Crippen molar-refractivity contribution >= 4 is 10.8 Å². The summed E-state index contributed by atoms with van der Waals surface area (Å²) in [4.78, 5) is 14.9. The van der Waals surface area contributed by atoms with E-state index in [0.717, 1.165) is 39.5 Å². The van der Waals surface area contributed by atoms with Crippen LogP contribution in [0.3, 0.4) is 0 Å². The SMILES string of the molecule is N#Cc1ccc(-c2ccc(C34CC5CC(C3)CC(c3ccc(-c6cccc7cc(-c8nc(-c9ccccc9)nc(-c9ccccc9)n8)ccc67)cc3)(C5)C4)cc2)cc1. The molecule has 12 rings (SSSR count). The summed E-state index contributed by atoms with van der Waals surface area (Å²) in [6.45, 7) is 0. The number of benzene rings is 7. The summed E-state index contributed by atoms with van der Waals surface area (Å²) in [5, 5.41) is 11.6. The molecule has 4 aliphatic carbocycles. The second-order valence-corrected chi connectivity index (χ2v) is 17.1. The topological polar surface area (TPSA) is 62.5 Å². The van der Waals surface area contributed by atoms with Crippen LogP contribution in [0, 0.1) is 23.2 Å². The molecule has 4 aliphatic rings. The van der Waals surface area contributed by atoms with Crippen LogP contribution in [0.5, 0.6) is 0 Å². The maximum atomic E-state index is 9.25. The standard InChI is InChI=1S/C54H42N4/c55-34-36-14-16-39(17-15-36)40-18-23-46(24-19-40)53-30-37-28-38(31-53)33-54(32-37,35-53)47-25-20-41(21-26-47)48-13-7-12-44-29-45(22-27-49(44)48)52-57-50(42-8-3-1-4-9-42)56-51(58-52)43-10-5-2-6-11-43/h1-27,29,37-38H,28,30-33,35H2. The van der Waals surface area contributed by atoms with Crippen molar-refractivity contribution in [3.05, 3.63) is 187 Å². The van der Waals surface area contributed by atoms with Gasteiger partial charge in [-0.1, -0.05) is 152 Å². The van der Waals surface area contributed by atoms with Crippen LogP contribution in [-0.4, -0.2) is 15.0 Å². The third kappa shape index (κ3) is 6.01. The Labute approximate surface area is 340 Å². The van der Waals surface area contributed by atoms with Gasteiger partial charge in [-0.25, -0.2) is 15.0 Å². The molecule has 2 atom stereocenters. The lowest BCUT2D eigenvalue weighted by Gasteiger charge is -2.63. The lowest BCUT2D eigenvalue weighted by molar-refractivity contribution is -0.0281. The molecule has 0 aliphatic heterocycles. The predicted octanol–water partition coefficient (Wildman–Crippen LogP) is 13.0. The molecule has 58 heavy (non-hydrogen) atoms. The van der Waals surface area contributed by atoms with E-state index in [1.807, 2.05) is 72.8 Å². The molecular weight excluding hydrogens is 705 g/mol. The average Bonchev–Trinajstić information content (AvgIpc) is 3.29. The minimum absolute atomic E-state index is 0.226. The molecule has 1 aromatic heterocycles. The van der Waals surface area contributed by atoms with Crippen LogP contribution in [0.2, 0.25) is 0 Å². The summed E-state index contributed by atoms with van der Waals surface area (Å²) in [5.41, 5.74) is 12.0. The molecule has 4 saturated carbocycles. The molecule has 4 nitrogen and oxygen atoms in total. The minimum Gasteiger partial charge on any atom is -0.208 e. The first-order valence-corrected chi connectivity index (χ1v) is 20.7. The van der Waals surface area contributed by atoms with Crippen LogP contribution >= 0.6 is 0 Å². The molecule has 2 unspecified atom stereocenters. The Morgan fingerprint density at radius 2 is 0.931 bits per heavy atom. The van der Waals surface area contributed by atoms with Crippen molar-refractivity contribution in [3.8, 4) is 62.5 Å². The molecule has 1 heterocycles. The van der Waals surface area contributed by atoms with E-state index in [1.54, 1.807) is 0 Å². The van der Waals surface area contributed by atoms with E-state index in [-0.39, 0.29) is 10.8 Å². The zero-order chi connectivity index (χ0) is 38.7. The van der Waals surface area contributed by atoms with Crippen molar-refractivity contribution in [2.75, 3.05) is 0 Å². The van der Waals surface area contributed by atoms with E-state index in [9.17, 15) is 5.26 Å². The van der Waals surface area contributed by atoms with Crippen molar-refractivity contribution in [3.63, 3.8) is 0 Å². The Morgan fingerprint density at radius 3 is 1.47 bits per heavy atom. The zero-order valence-corrected chi connectivity index (χ0v) is 32.4. The largest absolute Gasteiger partial charge is 0.208 e. The maximum absolute atomic E-state index is 9.25. The molecule has 7 aromatic carbocycles. The number of rotatable bonds is 7. The first-order chi connectivity index (χ1) is 28.5. The number of fused-ring (bicyclic) bond motifs is 1. The molecule has 4 bridgehead atoms. The normalized spacial score (nSPS) is 21.8. The van der Waals surface area contributed by atoms with E-state index in [2.05, 4.69) is 103 Å². The highest BCUT2D eigenvalue weighted by molar-refractivity contribution is 5.98. The minimum atomic E-state index is 0.226. The number of nitriles is 1. The summed E-state index contributed by atoms with van der Waals surface area (Å²) in [7, 11) is 0. The lowest BCUT2D eigenvalue weighted by Crippen LogP contribution is -2.55. The van der Waals surface area contributed by atoms with Gasteiger partial charge in [0.25, 0.3) is 0 Å². The third-order valence-corrected chi connectivity index (χ3v) is 13.6. The van der Waals surface area contributed by atoms with Gasteiger partial charge in [0.2, 0.25) is 0 Å². The average molecular weight is 747 g/mol. The van der Waals surface area contributed by atoms with E-state index in [0.29, 0.717) is 23.0 Å². The Kier molecular flexibility index (Phi) is 8.19. The van der Waals surface area contributed by atoms with Gasteiger partial charge in [-0.3, -0.25) is 0 Å². The quantitative estimate of drug-likeness (QED) is 0.163. The highest BCUT2D eigenvalue weighted by Crippen LogP contribution is 2.66. The lowest BCUT2D eigenvalue weighted by atomic mass is 9.41. The number of hydrogen-bond acceptors (Lipinski definition) is 4. The Bertz CT molecular complexity index is 2770. The van der Waals surface area contributed by atoms with E-state index in [4.69, 9.17) is 15.0 Å². The molecule has 4 fully saturated rings. The third-order valence-electron chi connectivity index (χ3n) is 13.6. The van der Waals surface area contributed by atoms with Gasteiger partial charge < -0.3 is 0 Å². The predicted molar refractivity (Wildman–Crippen MR) is 234 cm³/mol. The summed E-state index contributed by atoms with van der Waals surface area (Å²) >= 11 is 0. The van der Waals surface area contributed by atoms with Crippen molar-refractivity contribution in [2.24, 2.45) is 11.8 Å². The molecular formula is C54H42N4. The number of aromatic nitrogens is 3. The fourth-order valence-corrected chi connectivity index (χ4v) is 11.3. The van der Waals surface area contributed by atoms with Crippen molar-refractivity contribution < 1.29 is 0 Å². The molecule has 0 radical (unpaired) electrons. The Balaban J connectivity index is 0.895. The van der Waals surface area contributed by atoms with Gasteiger partial charge in [0.15, 0.2) is 17.5 Å². The molecule has 8 aromatic rings. The number of hydrogen-bond donors (Lipinski definition) is 0. The maximum Gasteiger partial charge on any atom is 0.164 e. The van der Waals surface area contributed by atoms with Crippen LogP contribution in [0.25, 0.3) is 67.2 Å². The Morgan fingerprint density at radius 1 is 0.448 bits per heavy atom. The molecule has 4 heteroatoms. The van der Waals surface area contributed by atoms with Gasteiger partial charge in [-0.15, -0.1) is 0 Å². The van der Waals surface area contributed by atoms with Crippen LogP contribution in [0.15, 0.2) is 170 Å². The number of nitrogens with zero attached hydrogens (tertiary/aromatic N) is 4. The van der Waals surface area contributed by atoms with E-state index in [1.165, 1.54) is 71.7 Å². The molecule has 0 amide bonds. The summed E-state index contributed by atoms with van der Waals surface area (Å²) in [6, 6.07) is 62.8. The highest BCUT2D eigenvalue weighted by atomic mass is 15.0. The highest BCUT2D eigenvalue weighted by Gasteiger charge is 2.58. The first-order valence-electron chi connectivity index (χ1n) is 20.7. The van der Waals surface area contributed by atoms with Crippen LogP contribution in [0.1, 0.15) is 55.2 Å². The summed E-state index contributed by atoms with van der Waals surface area (Å²) < 4.78 is 0. The van der Waals surface area contributed by atoms with Crippen molar-refractivity contribution in [2.45, 2.75) is 49.4 Å². The van der Waals surface area contributed by atoms with E-state index >= 15 is 0 Å². The van der Waals surface area contributed by atoms with Gasteiger partial charge in [0.05, 0.1) is 11.6 Å². The smallest absolute Gasteiger partial charge is 0.164 e. The van der Waals surface area contributed by atoms with Crippen LogP contribution in [-0.2, 0) is 10.8 Å². The van der Waals surface area contributed by atoms with Gasteiger partial charge in [0, 0.05) is 16.7 Å². The van der Waals surface area contributed by atoms with Gasteiger partial charge in [-0.2, -0.15) is 5.26 Å². The summed E-state index contributed by atoms with van der Waals surface area (Å²) in [5.74, 6) is 3.56. The van der Waals surface area contributed by atoms with E-state index < -0.39 is 0 Å². The van der Waals surface area contributed by atoms with Gasteiger partial charge in [0.1, 0.15) is 0 Å². The molecule has 0 saturated heterocycles. The monoisotopic (exact) mass is 746 g/mol.